The van der Waals surface area contributed by atoms with Crippen molar-refractivity contribution in [2.45, 2.75) is 64.3 Å². The average Bonchev–Trinajstić information content (AvgIpc) is 2.90. The SMILES string of the molecule is CC=C(C=CCc1ncc(C(Nc2ccc(C(=O)NCCC(=O)O)cn2)C2CCCCC2)cn1)C(F)F. The quantitative estimate of drug-likeness (QED) is 0.337. The number of amides is 1. The molecule has 198 valence electrons. The van der Waals surface area contributed by atoms with Gasteiger partial charge in [0.2, 0.25) is 0 Å². The molecule has 1 saturated carbocycles. The Balaban J connectivity index is 1.69. The van der Waals surface area contributed by atoms with Gasteiger partial charge in [-0.1, -0.05) is 37.5 Å². The molecule has 1 unspecified atom stereocenters. The summed E-state index contributed by atoms with van der Waals surface area (Å²) in [5.41, 5.74) is 1.23. The van der Waals surface area contributed by atoms with E-state index >= 15 is 0 Å². The van der Waals surface area contributed by atoms with E-state index < -0.39 is 12.4 Å². The number of carbonyl (C=O) groups excluding carboxylic acids is 1. The number of anilines is 1. The van der Waals surface area contributed by atoms with Gasteiger partial charge in [0, 0.05) is 42.7 Å². The molecule has 37 heavy (non-hydrogen) atoms. The third-order valence-electron chi connectivity index (χ3n) is 6.36. The Morgan fingerprint density at radius 1 is 1.11 bits per heavy atom. The summed E-state index contributed by atoms with van der Waals surface area (Å²) < 4.78 is 25.7. The van der Waals surface area contributed by atoms with E-state index in [1.165, 1.54) is 24.8 Å². The first-order valence-corrected chi connectivity index (χ1v) is 12.5. The van der Waals surface area contributed by atoms with E-state index in [1.807, 2.05) is 0 Å². The molecule has 2 heterocycles. The first-order chi connectivity index (χ1) is 17.9. The summed E-state index contributed by atoms with van der Waals surface area (Å²) in [7, 11) is 0. The number of alkyl halides is 2. The number of pyridine rings is 1. The molecule has 2 aromatic heterocycles. The standard InChI is InChI=1S/C27H33F2N5O3/c1-2-18(26(28)29)9-6-10-22-31-16-21(17-32-22)25(19-7-4-3-5-8-19)34-23-12-11-20(15-33-23)27(37)30-14-13-24(35)36/h2,6,9,11-12,15-17,19,25-26H,3-5,7-8,10,13-14H2,1H3,(H,30,37)(H,33,34)(H,35,36). The fourth-order valence-electron chi connectivity index (χ4n) is 4.32. The van der Waals surface area contributed by atoms with Crippen molar-refractivity contribution in [1.29, 1.82) is 0 Å². The summed E-state index contributed by atoms with van der Waals surface area (Å²) in [4.78, 5) is 36.1. The fraction of sp³-hybridized carbons (Fsp3) is 0.444. The van der Waals surface area contributed by atoms with Gasteiger partial charge in [-0.15, -0.1) is 0 Å². The molecule has 1 amide bonds. The monoisotopic (exact) mass is 513 g/mol. The molecular formula is C27H33F2N5O3. The molecule has 1 aliphatic carbocycles. The van der Waals surface area contributed by atoms with E-state index in [4.69, 9.17) is 5.11 Å². The van der Waals surface area contributed by atoms with Crippen molar-refractivity contribution < 1.29 is 23.5 Å². The Labute approximate surface area is 215 Å². The van der Waals surface area contributed by atoms with E-state index in [-0.39, 0.29) is 30.5 Å². The summed E-state index contributed by atoms with van der Waals surface area (Å²) in [6, 6.07) is 3.30. The molecule has 3 rings (SSSR count). The van der Waals surface area contributed by atoms with Gasteiger partial charge < -0.3 is 15.7 Å². The number of aromatic nitrogens is 3. The fourth-order valence-corrected chi connectivity index (χ4v) is 4.32. The first kappa shape index (κ1) is 27.9. The molecule has 0 aromatic carbocycles. The van der Waals surface area contributed by atoms with Gasteiger partial charge in [-0.25, -0.2) is 23.7 Å². The molecule has 3 N–H and O–H groups in total. The summed E-state index contributed by atoms with van der Waals surface area (Å²) in [5.74, 6) is 0.165. The lowest BCUT2D eigenvalue weighted by Crippen LogP contribution is -2.26. The van der Waals surface area contributed by atoms with E-state index in [1.54, 1.807) is 37.5 Å². The lowest BCUT2D eigenvalue weighted by atomic mass is 9.81. The van der Waals surface area contributed by atoms with E-state index in [9.17, 15) is 18.4 Å². The molecule has 0 spiro atoms. The molecule has 1 atom stereocenters. The smallest absolute Gasteiger partial charge is 0.305 e. The van der Waals surface area contributed by atoms with Crippen LogP contribution in [0.5, 0.6) is 0 Å². The maximum atomic E-state index is 12.9. The number of allylic oxidation sites excluding steroid dienone is 4. The number of carbonyl (C=O) groups is 2. The highest BCUT2D eigenvalue weighted by Crippen LogP contribution is 2.36. The van der Waals surface area contributed by atoms with Gasteiger partial charge in [0.1, 0.15) is 11.6 Å². The second kappa shape index (κ2) is 14.2. The maximum Gasteiger partial charge on any atom is 0.305 e. The van der Waals surface area contributed by atoms with Crippen LogP contribution in [0, 0.1) is 5.92 Å². The number of hydrogen-bond donors (Lipinski definition) is 3. The highest BCUT2D eigenvalue weighted by molar-refractivity contribution is 5.94. The second-order valence-electron chi connectivity index (χ2n) is 8.98. The van der Waals surface area contributed by atoms with Gasteiger partial charge in [0.25, 0.3) is 12.3 Å². The highest BCUT2D eigenvalue weighted by atomic mass is 19.3. The molecule has 8 nitrogen and oxygen atoms in total. The Bertz CT molecular complexity index is 1080. The molecule has 10 heteroatoms. The minimum atomic E-state index is -2.51. The van der Waals surface area contributed by atoms with Crippen LogP contribution in [0.4, 0.5) is 14.6 Å². The summed E-state index contributed by atoms with van der Waals surface area (Å²) in [6.45, 7) is 1.63. The molecule has 0 bridgehead atoms. The van der Waals surface area contributed by atoms with Crippen LogP contribution < -0.4 is 10.6 Å². The zero-order valence-electron chi connectivity index (χ0n) is 20.9. The number of nitrogens with one attached hydrogen (secondary N) is 2. The normalized spacial score (nSPS) is 15.6. The molecular weight excluding hydrogens is 480 g/mol. The van der Waals surface area contributed by atoms with Gasteiger partial charge >= 0.3 is 5.97 Å². The average molecular weight is 514 g/mol. The number of hydrogen-bond acceptors (Lipinski definition) is 6. The Morgan fingerprint density at radius 2 is 1.84 bits per heavy atom. The van der Waals surface area contributed by atoms with Gasteiger partial charge in [-0.05, 0) is 37.8 Å². The van der Waals surface area contributed by atoms with Gasteiger partial charge in [-0.2, -0.15) is 0 Å². The minimum Gasteiger partial charge on any atom is -0.481 e. The Morgan fingerprint density at radius 3 is 2.43 bits per heavy atom. The number of halogens is 2. The summed E-state index contributed by atoms with van der Waals surface area (Å²) in [5, 5.41) is 14.8. The topological polar surface area (TPSA) is 117 Å². The third-order valence-corrected chi connectivity index (χ3v) is 6.36. The van der Waals surface area contributed by atoms with Crippen molar-refractivity contribution in [3.63, 3.8) is 0 Å². The molecule has 0 saturated heterocycles. The van der Waals surface area contributed by atoms with E-state index in [2.05, 4.69) is 25.6 Å². The van der Waals surface area contributed by atoms with Crippen LogP contribution in [0.15, 0.2) is 54.5 Å². The lowest BCUT2D eigenvalue weighted by Gasteiger charge is -2.31. The van der Waals surface area contributed by atoms with Crippen molar-refractivity contribution in [2.24, 2.45) is 5.92 Å². The third kappa shape index (κ3) is 8.73. The number of rotatable bonds is 12. The van der Waals surface area contributed by atoms with Gasteiger partial charge in [-0.3, -0.25) is 9.59 Å². The van der Waals surface area contributed by atoms with Crippen LogP contribution in [-0.4, -0.2) is 44.9 Å². The number of carboxylic acids is 1. The molecule has 2 aromatic rings. The predicted molar refractivity (Wildman–Crippen MR) is 136 cm³/mol. The van der Waals surface area contributed by atoms with Crippen molar-refractivity contribution in [3.05, 3.63) is 71.5 Å². The first-order valence-electron chi connectivity index (χ1n) is 12.5. The number of nitrogens with zero attached hydrogens (tertiary/aromatic N) is 3. The summed E-state index contributed by atoms with van der Waals surface area (Å²) >= 11 is 0. The van der Waals surface area contributed by atoms with Crippen molar-refractivity contribution in [2.75, 3.05) is 11.9 Å². The van der Waals surface area contributed by atoms with Gasteiger partial charge in [0.15, 0.2) is 0 Å². The Kier molecular flexibility index (Phi) is 10.7. The van der Waals surface area contributed by atoms with Crippen LogP contribution in [0.25, 0.3) is 0 Å². The molecule has 0 aliphatic heterocycles. The minimum absolute atomic E-state index is 0.0329. The number of aliphatic carboxylic acids is 1. The van der Waals surface area contributed by atoms with Crippen molar-refractivity contribution >= 4 is 17.7 Å². The van der Waals surface area contributed by atoms with Crippen LogP contribution in [0.2, 0.25) is 0 Å². The van der Waals surface area contributed by atoms with Crippen LogP contribution in [0.3, 0.4) is 0 Å². The highest BCUT2D eigenvalue weighted by Gasteiger charge is 2.26. The Hall–Kier alpha value is -3.69. The van der Waals surface area contributed by atoms with Crippen molar-refractivity contribution in [3.8, 4) is 0 Å². The van der Waals surface area contributed by atoms with E-state index in [0.717, 1.165) is 31.2 Å². The molecule has 1 aliphatic rings. The van der Waals surface area contributed by atoms with Gasteiger partial charge in [0.05, 0.1) is 18.0 Å². The van der Waals surface area contributed by atoms with Crippen LogP contribution >= 0.6 is 0 Å². The largest absolute Gasteiger partial charge is 0.481 e. The molecule has 0 radical (unpaired) electrons. The zero-order valence-corrected chi connectivity index (χ0v) is 20.9. The summed E-state index contributed by atoms with van der Waals surface area (Å²) in [6.07, 6.45) is 12.7. The molecule has 1 fully saturated rings. The second-order valence-corrected chi connectivity index (χ2v) is 8.98. The lowest BCUT2D eigenvalue weighted by molar-refractivity contribution is -0.136. The zero-order chi connectivity index (χ0) is 26.6. The predicted octanol–water partition coefficient (Wildman–Crippen LogP) is 5.12. The maximum absolute atomic E-state index is 12.9. The van der Waals surface area contributed by atoms with Crippen LogP contribution in [0.1, 0.15) is 73.2 Å². The number of carboxylic acid groups (broad SMARTS) is 1. The van der Waals surface area contributed by atoms with Crippen LogP contribution in [-0.2, 0) is 11.2 Å². The van der Waals surface area contributed by atoms with E-state index in [0.29, 0.717) is 29.5 Å². The van der Waals surface area contributed by atoms with Crippen molar-refractivity contribution in [1.82, 2.24) is 20.3 Å².